The lowest BCUT2D eigenvalue weighted by molar-refractivity contribution is 0.0999. The van der Waals surface area contributed by atoms with Gasteiger partial charge in [0.1, 0.15) is 4.90 Å². The molecule has 0 bridgehead atoms. The first-order valence-electron chi connectivity index (χ1n) is 7.32. The summed E-state index contributed by atoms with van der Waals surface area (Å²) in [5.74, 6) is -0.884. The number of hydrogen-bond donors (Lipinski definition) is 1. The highest BCUT2D eigenvalue weighted by Gasteiger charge is 2.22. The van der Waals surface area contributed by atoms with Crippen molar-refractivity contribution < 1.29 is 17.4 Å². The second-order valence-electron chi connectivity index (χ2n) is 5.36. The zero-order chi connectivity index (χ0) is 18.0. The van der Waals surface area contributed by atoms with Crippen LogP contribution in [0.3, 0.4) is 0 Å². The van der Waals surface area contributed by atoms with E-state index in [9.17, 15) is 13.2 Å². The molecule has 8 heteroatoms. The minimum Gasteiger partial charge on any atom is -0.378 e. The van der Waals surface area contributed by atoms with E-state index in [-0.39, 0.29) is 16.2 Å². The highest BCUT2D eigenvalue weighted by Crippen LogP contribution is 2.24. The number of carbonyl (C=O) groups is 1. The molecule has 2 N–H and O–H groups in total. The van der Waals surface area contributed by atoms with E-state index in [1.165, 1.54) is 29.2 Å². The van der Waals surface area contributed by atoms with Gasteiger partial charge >= 0.3 is 10.1 Å². The molecule has 0 aliphatic heterocycles. The van der Waals surface area contributed by atoms with Gasteiger partial charge in [-0.1, -0.05) is 24.3 Å². The molecule has 1 aromatic heterocycles. The third kappa shape index (κ3) is 3.53. The molecule has 25 heavy (non-hydrogen) atoms. The molecule has 0 saturated heterocycles. The topological polar surface area (TPSA) is 104 Å². The number of primary amides is 1. The second kappa shape index (κ2) is 6.40. The molecule has 0 unspecified atom stereocenters. The fourth-order valence-corrected chi connectivity index (χ4v) is 3.10. The maximum atomic E-state index is 12.5. The van der Waals surface area contributed by atoms with Crippen LogP contribution in [0.15, 0.2) is 65.8 Å². The number of aryl methyl sites for hydroxylation is 1. The summed E-state index contributed by atoms with van der Waals surface area (Å²) in [4.78, 5) is 11.3. The average Bonchev–Trinajstić information content (AvgIpc) is 3.06. The van der Waals surface area contributed by atoms with E-state index in [2.05, 4.69) is 5.10 Å². The zero-order valence-electron chi connectivity index (χ0n) is 13.3. The number of carbonyl (C=O) groups excluding carboxylic acids is 1. The molecule has 7 nitrogen and oxygen atoms in total. The number of nitrogens with zero attached hydrogens (tertiary/aromatic N) is 2. The monoisotopic (exact) mass is 357 g/mol. The molecule has 1 heterocycles. The van der Waals surface area contributed by atoms with Gasteiger partial charge in [0.2, 0.25) is 0 Å². The Labute approximate surface area is 144 Å². The molecular formula is C17H15N3O4S. The molecule has 1 amide bonds. The van der Waals surface area contributed by atoms with Gasteiger partial charge in [-0.05, 0) is 36.8 Å². The Morgan fingerprint density at radius 2 is 1.88 bits per heavy atom. The Morgan fingerprint density at radius 3 is 2.56 bits per heavy atom. The molecule has 0 aliphatic rings. The van der Waals surface area contributed by atoms with Crippen LogP contribution in [-0.2, 0) is 10.1 Å². The molecule has 128 valence electrons. The van der Waals surface area contributed by atoms with Gasteiger partial charge < -0.3 is 9.92 Å². The zero-order valence-corrected chi connectivity index (χ0v) is 14.1. The standard InChI is InChI=1S/C17H15N3O4S/c1-12-7-8-15(17(18)21)16(9-12)24-25(22,23)14-10-19-20(11-14)13-5-3-2-4-6-13/h2-11H,1H3,(H2,18,21). The van der Waals surface area contributed by atoms with Crippen LogP contribution in [0.2, 0.25) is 0 Å². The highest BCUT2D eigenvalue weighted by molar-refractivity contribution is 7.87. The van der Waals surface area contributed by atoms with Crippen LogP contribution in [-0.4, -0.2) is 24.1 Å². The molecule has 0 saturated carbocycles. The molecule has 0 aliphatic carbocycles. The number of aromatic nitrogens is 2. The molecule has 3 aromatic rings. The van der Waals surface area contributed by atoms with E-state index >= 15 is 0 Å². The lowest BCUT2D eigenvalue weighted by Crippen LogP contribution is -2.16. The Kier molecular flexibility index (Phi) is 4.28. The molecule has 0 radical (unpaired) electrons. The van der Waals surface area contributed by atoms with Crippen LogP contribution in [0.1, 0.15) is 15.9 Å². The Balaban J connectivity index is 1.95. The van der Waals surface area contributed by atoms with Gasteiger partial charge in [-0.15, -0.1) is 0 Å². The van der Waals surface area contributed by atoms with Gasteiger partial charge in [0.25, 0.3) is 5.91 Å². The fraction of sp³-hybridized carbons (Fsp3) is 0.0588. The minimum absolute atomic E-state index is 0.00961. The van der Waals surface area contributed by atoms with Crippen LogP contribution < -0.4 is 9.92 Å². The largest absolute Gasteiger partial charge is 0.378 e. The Morgan fingerprint density at radius 1 is 1.16 bits per heavy atom. The average molecular weight is 357 g/mol. The summed E-state index contributed by atoms with van der Waals surface area (Å²) >= 11 is 0. The molecule has 0 fully saturated rings. The van der Waals surface area contributed by atoms with Crippen LogP contribution in [0, 0.1) is 6.92 Å². The maximum absolute atomic E-state index is 12.5. The molecule has 2 aromatic carbocycles. The van der Waals surface area contributed by atoms with Crippen molar-refractivity contribution in [1.82, 2.24) is 9.78 Å². The summed E-state index contributed by atoms with van der Waals surface area (Å²) in [5, 5.41) is 4.04. The number of para-hydroxylation sites is 1. The number of rotatable bonds is 5. The summed E-state index contributed by atoms with van der Waals surface area (Å²) < 4.78 is 31.6. The lowest BCUT2D eigenvalue weighted by Gasteiger charge is -2.09. The van der Waals surface area contributed by atoms with E-state index in [4.69, 9.17) is 9.92 Å². The quantitative estimate of drug-likeness (QED) is 0.704. The third-order valence-electron chi connectivity index (χ3n) is 3.47. The van der Waals surface area contributed by atoms with Gasteiger partial charge in [0, 0.05) is 0 Å². The van der Waals surface area contributed by atoms with Crippen molar-refractivity contribution in [2.45, 2.75) is 11.8 Å². The predicted octanol–water partition coefficient (Wildman–Crippen LogP) is 2.05. The first-order valence-corrected chi connectivity index (χ1v) is 8.73. The van der Waals surface area contributed by atoms with E-state index in [0.717, 1.165) is 5.56 Å². The SMILES string of the molecule is Cc1ccc(C(N)=O)c(OS(=O)(=O)c2cnn(-c3ccccc3)c2)c1. The number of amides is 1. The van der Waals surface area contributed by atoms with Gasteiger partial charge in [-0.3, -0.25) is 4.79 Å². The van der Waals surface area contributed by atoms with Crippen molar-refractivity contribution in [2.24, 2.45) is 5.73 Å². The Hall–Kier alpha value is -3.13. The van der Waals surface area contributed by atoms with E-state index in [1.54, 1.807) is 25.1 Å². The van der Waals surface area contributed by atoms with Crippen molar-refractivity contribution in [2.75, 3.05) is 0 Å². The maximum Gasteiger partial charge on any atom is 0.342 e. The van der Waals surface area contributed by atoms with Crippen LogP contribution in [0.25, 0.3) is 5.69 Å². The number of hydrogen-bond acceptors (Lipinski definition) is 5. The highest BCUT2D eigenvalue weighted by atomic mass is 32.2. The van der Waals surface area contributed by atoms with Gasteiger partial charge in [-0.2, -0.15) is 13.5 Å². The molecule has 0 spiro atoms. The van der Waals surface area contributed by atoms with Crippen LogP contribution in [0.4, 0.5) is 0 Å². The Bertz CT molecular complexity index is 1030. The smallest absolute Gasteiger partial charge is 0.342 e. The van der Waals surface area contributed by atoms with E-state index in [0.29, 0.717) is 5.69 Å². The van der Waals surface area contributed by atoms with Crippen molar-refractivity contribution in [3.63, 3.8) is 0 Å². The van der Waals surface area contributed by atoms with Crippen molar-refractivity contribution >= 4 is 16.0 Å². The summed E-state index contributed by atoms with van der Waals surface area (Å²) in [6.07, 6.45) is 2.52. The summed E-state index contributed by atoms with van der Waals surface area (Å²) in [6.45, 7) is 1.75. The first kappa shape index (κ1) is 16.7. The first-order chi connectivity index (χ1) is 11.9. The number of nitrogens with two attached hydrogens (primary N) is 1. The number of benzene rings is 2. The normalized spacial score (nSPS) is 11.2. The molecule has 0 atom stereocenters. The second-order valence-corrected chi connectivity index (χ2v) is 6.90. The van der Waals surface area contributed by atoms with Gasteiger partial charge in [-0.25, -0.2) is 4.68 Å². The fourth-order valence-electron chi connectivity index (χ4n) is 2.23. The van der Waals surface area contributed by atoms with Gasteiger partial charge in [0.15, 0.2) is 5.75 Å². The summed E-state index contributed by atoms with van der Waals surface area (Å²) in [5.41, 5.74) is 6.70. The van der Waals surface area contributed by atoms with E-state index in [1.807, 2.05) is 18.2 Å². The van der Waals surface area contributed by atoms with Crippen molar-refractivity contribution in [1.29, 1.82) is 0 Å². The summed E-state index contributed by atoms with van der Waals surface area (Å²) in [6, 6.07) is 13.6. The van der Waals surface area contributed by atoms with Crippen molar-refractivity contribution in [3.05, 3.63) is 72.1 Å². The third-order valence-corrected chi connectivity index (χ3v) is 4.66. The predicted molar refractivity (Wildman–Crippen MR) is 91.1 cm³/mol. The molecular weight excluding hydrogens is 342 g/mol. The van der Waals surface area contributed by atoms with Crippen LogP contribution in [0.5, 0.6) is 5.75 Å². The lowest BCUT2D eigenvalue weighted by atomic mass is 10.1. The summed E-state index contributed by atoms with van der Waals surface area (Å²) in [7, 11) is -4.16. The minimum atomic E-state index is -4.16. The van der Waals surface area contributed by atoms with Crippen LogP contribution >= 0.6 is 0 Å². The molecule has 3 rings (SSSR count). The van der Waals surface area contributed by atoms with Crippen molar-refractivity contribution in [3.8, 4) is 11.4 Å². The van der Waals surface area contributed by atoms with Gasteiger partial charge in [0.05, 0.1) is 23.6 Å². The van der Waals surface area contributed by atoms with E-state index < -0.39 is 16.0 Å².